The summed E-state index contributed by atoms with van der Waals surface area (Å²) in [5.74, 6) is 2.24. The van der Waals surface area contributed by atoms with Crippen molar-refractivity contribution in [2.45, 2.75) is 32.7 Å². The first-order chi connectivity index (χ1) is 15.6. The van der Waals surface area contributed by atoms with Crippen molar-refractivity contribution >= 4 is 35.8 Å². The van der Waals surface area contributed by atoms with Crippen LogP contribution in [0.3, 0.4) is 0 Å². The minimum atomic E-state index is 0. The molecule has 1 fully saturated rings. The molecule has 2 N–H and O–H groups in total. The molecule has 0 bridgehead atoms. The third kappa shape index (κ3) is 8.03. The highest BCUT2D eigenvalue weighted by molar-refractivity contribution is 14.0. The topological polar surface area (TPSA) is 73.1 Å². The minimum Gasteiger partial charge on any atom is -0.468 e. The number of rotatable bonds is 11. The Morgan fingerprint density at radius 1 is 1.18 bits per heavy atom. The second-order valence-electron chi connectivity index (χ2n) is 8.23. The maximum Gasteiger partial charge on any atom is 0.223 e. The van der Waals surface area contributed by atoms with Crippen LogP contribution >= 0.6 is 24.0 Å². The number of halogens is 1. The smallest absolute Gasteiger partial charge is 0.223 e. The summed E-state index contributed by atoms with van der Waals surface area (Å²) < 4.78 is 5.68. The number of furan rings is 1. The average molecular weight is 568 g/mol. The normalized spacial score (nSPS) is 17.2. The minimum absolute atomic E-state index is 0. The fourth-order valence-electron chi connectivity index (χ4n) is 4.33. The lowest BCUT2D eigenvalue weighted by Crippen LogP contribution is -2.44. The first kappa shape index (κ1) is 27.2. The standard InChI is InChI=1S/C25H37N5O2.HI/c1-4-29(5-2)22(23-12-9-15-32-23)18-28-25(26-3)27-17-21-16-24(31)30(19-21)14-13-20-10-7-6-8-11-20;/h6-12,15,21-22H,4-5,13-14,16-19H2,1-3H3,(H2,26,27,28);1H. The zero-order valence-corrected chi connectivity index (χ0v) is 22.3. The lowest BCUT2D eigenvalue weighted by molar-refractivity contribution is -0.127. The van der Waals surface area contributed by atoms with E-state index in [1.165, 1.54) is 5.56 Å². The Morgan fingerprint density at radius 3 is 2.58 bits per heavy atom. The summed E-state index contributed by atoms with van der Waals surface area (Å²) in [4.78, 5) is 21.2. The molecule has 1 aromatic carbocycles. The number of carbonyl (C=O) groups excluding carboxylic acids is 1. The number of guanidine groups is 1. The highest BCUT2D eigenvalue weighted by atomic mass is 127. The summed E-state index contributed by atoms with van der Waals surface area (Å²) in [6, 6.07) is 14.4. The second kappa shape index (κ2) is 14.2. The molecule has 1 aromatic heterocycles. The zero-order valence-electron chi connectivity index (χ0n) is 20.0. The highest BCUT2D eigenvalue weighted by Gasteiger charge is 2.29. The van der Waals surface area contributed by atoms with Gasteiger partial charge in [-0.1, -0.05) is 44.2 Å². The lowest BCUT2D eigenvalue weighted by Gasteiger charge is -2.29. The van der Waals surface area contributed by atoms with E-state index in [4.69, 9.17) is 4.42 Å². The predicted molar refractivity (Wildman–Crippen MR) is 144 cm³/mol. The average Bonchev–Trinajstić information content (AvgIpc) is 3.47. The van der Waals surface area contributed by atoms with Crippen LogP contribution < -0.4 is 10.6 Å². The van der Waals surface area contributed by atoms with Crippen molar-refractivity contribution in [3.8, 4) is 0 Å². The molecule has 2 atom stereocenters. The number of nitrogens with zero attached hydrogens (tertiary/aromatic N) is 3. The van der Waals surface area contributed by atoms with Crippen LogP contribution in [0.4, 0.5) is 0 Å². The third-order valence-corrected chi connectivity index (χ3v) is 6.18. The molecule has 1 saturated heterocycles. The van der Waals surface area contributed by atoms with Crippen LogP contribution in [0.15, 0.2) is 58.1 Å². The lowest BCUT2D eigenvalue weighted by atomic mass is 10.1. The van der Waals surface area contributed by atoms with Crippen molar-refractivity contribution in [1.82, 2.24) is 20.4 Å². The fraction of sp³-hybridized carbons (Fsp3) is 0.520. The summed E-state index contributed by atoms with van der Waals surface area (Å²) in [7, 11) is 1.78. The van der Waals surface area contributed by atoms with Gasteiger partial charge in [-0.2, -0.15) is 0 Å². The van der Waals surface area contributed by atoms with Gasteiger partial charge in [0, 0.05) is 45.6 Å². The van der Waals surface area contributed by atoms with E-state index in [2.05, 4.69) is 46.5 Å². The van der Waals surface area contributed by atoms with Crippen LogP contribution in [0.1, 0.15) is 37.6 Å². The van der Waals surface area contributed by atoms with Crippen molar-refractivity contribution in [3.63, 3.8) is 0 Å². The van der Waals surface area contributed by atoms with Crippen molar-refractivity contribution in [1.29, 1.82) is 0 Å². The van der Waals surface area contributed by atoms with Gasteiger partial charge < -0.3 is 20.0 Å². The van der Waals surface area contributed by atoms with Crippen molar-refractivity contribution in [3.05, 3.63) is 60.1 Å². The maximum atomic E-state index is 12.4. The van der Waals surface area contributed by atoms with Gasteiger partial charge in [0.2, 0.25) is 5.91 Å². The van der Waals surface area contributed by atoms with Crippen LogP contribution in [0.2, 0.25) is 0 Å². The number of hydrogen-bond donors (Lipinski definition) is 2. The molecular formula is C25H38IN5O2. The number of amides is 1. The molecule has 2 aromatic rings. The van der Waals surface area contributed by atoms with E-state index in [9.17, 15) is 4.79 Å². The number of likely N-dealkylation sites (tertiary alicyclic amines) is 1. The van der Waals surface area contributed by atoms with E-state index in [1.54, 1.807) is 13.3 Å². The highest BCUT2D eigenvalue weighted by Crippen LogP contribution is 2.20. The van der Waals surface area contributed by atoms with Gasteiger partial charge in [0.15, 0.2) is 5.96 Å². The van der Waals surface area contributed by atoms with Gasteiger partial charge in [0.1, 0.15) is 5.76 Å². The molecule has 3 rings (SSSR count). The molecule has 0 spiro atoms. The monoisotopic (exact) mass is 567 g/mol. The Kier molecular flexibility index (Phi) is 11.7. The van der Waals surface area contributed by atoms with E-state index in [-0.39, 0.29) is 35.9 Å². The van der Waals surface area contributed by atoms with Crippen LogP contribution in [-0.2, 0) is 11.2 Å². The summed E-state index contributed by atoms with van der Waals surface area (Å²) >= 11 is 0. The van der Waals surface area contributed by atoms with E-state index in [0.29, 0.717) is 18.9 Å². The Hall–Kier alpha value is -2.07. The first-order valence-corrected chi connectivity index (χ1v) is 11.7. The number of hydrogen-bond acceptors (Lipinski definition) is 4. The van der Waals surface area contributed by atoms with Gasteiger partial charge in [-0.15, -0.1) is 24.0 Å². The largest absolute Gasteiger partial charge is 0.468 e. The van der Waals surface area contributed by atoms with Crippen molar-refractivity contribution in [2.75, 3.05) is 46.3 Å². The van der Waals surface area contributed by atoms with Crippen molar-refractivity contribution < 1.29 is 9.21 Å². The van der Waals surface area contributed by atoms with E-state index < -0.39 is 0 Å². The van der Waals surface area contributed by atoms with Gasteiger partial charge in [0.25, 0.3) is 0 Å². The van der Waals surface area contributed by atoms with Crippen LogP contribution in [0.25, 0.3) is 0 Å². The van der Waals surface area contributed by atoms with E-state index in [0.717, 1.165) is 50.9 Å². The van der Waals surface area contributed by atoms with Gasteiger partial charge in [-0.3, -0.25) is 14.7 Å². The summed E-state index contributed by atoms with van der Waals surface area (Å²) in [6.45, 7) is 9.20. The Morgan fingerprint density at radius 2 is 1.94 bits per heavy atom. The van der Waals surface area contributed by atoms with Crippen LogP contribution in [0.5, 0.6) is 0 Å². The maximum absolute atomic E-state index is 12.4. The second-order valence-corrected chi connectivity index (χ2v) is 8.23. The van der Waals surface area contributed by atoms with Gasteiger partial charge >= 0.3 is 0 Å². The number of carbonyl (C=O) groups is 1. The molecule has 2 heterocycles. The number of likely N-dealkylation sites (N-methyl/N-ethyl adjacent to an activating group) is 1. The van der Waals surface area contributed by atoms with Gasteiger partial charge in [0.05, 0.1) is 12.3 Å². The molecule has 7 nitrogen and oxygen atoms in total. The first-order valence-electron chi connectivity index (χ1n) is 11.7. The molecule has 0 radical (unpaired) electrons. The van der Waals surface area contributed by atoms with E-state index >= 15 is 0 Å². The molecule has 0 saturated carbocycles. The SMILES string of the molecule is CCN(CC)C(CNC(=NC)NCC1CC(=O)N(CCc2ccccc2)C1)c1ccco1.I. The van der Waals surface area contributed by atoms with Crippen molar-refractivity contribution in [2.24, 2.45) is 10.9 Å². The number of aliphatic imine (C=N–C) groups is 1. The zero-order chi connectivity index (χ0) is 22.8. The molecule has 1 aliphatic heterocycles. The molecule has 182 valence electrons. The van der Waals surface area contributed by atoms with Gasteiger partial charge in [-0.25, -0.2) is 0 Å². The van der Waals surface area contributed by atoms with Crippen LogP contribution in [-0.4, -0.2) is 68.0 Å². The summed E-state index contributed by atoms with van der Waals surface area (Å²) in [5.41, 5.74) is 1.27. The molecule has 1 amide bonds. The van der Waals surface area contributed by atoms with Crippen LogP contribution in [0, 0.1) is 5.92 Å². The summed E-state index contributed by atoms with van der Waals surface area (Å²) in [5, 5.41) is 6.85. The fourth-order valence-corrected chi connectivity index (χ4v) is 4.33. The quantitative estimate of drug-likeness (QED) is 0.247. The Bertz CT molecular complexity index is 840. The van der Waals surface area contributed by atoms with Gasteiger partial charge in [-0.05, 0) is 37.2 Å². The molecule has 2 unspecified atom stereocenters. The molecule has 1 aliphatic rings. The van der Waals surface area contributed by atoms with E-state index in [1.807, 2.05) is 35.2 Å². The summed E-state index contributed by atoms with van der Waals surface area (Å²) in [6.07, 6.45) is 3.21. The molecule has 33 heavy (non-hydrogen) atoms. The predicted octanol–water partition coefficient (Wildman–Crippen LogP) is 3.54. The molecular weight excluding hydrogens is 529 g/mol. The number of nitrogens with one attached hydrogen (secondary N) is 2. The third-order valence-electron chi connectivity index (χ3n) is 6.18. The molecule has 8 heteroatoms. The number of benzene rings is 1. The molecule has 0 aliphatic carbocycles. The Labute approximate surface area is 215 Å². The Balaban J connectivity index is 0.00000385.